The number of carbonyl (C=O) groups is 2. The van der Waals surface area contributed by atoms with Crippen LogP contribution in [0, 0.1) is 6.92 Å². The third-order valence-electron chi connectivity index (χ3n) is 4.10. The number of hydrogen-bond donors (Lipinski definition) is 2. The molecule has 0 aliphatic heterocycles. The van der Waals surface area contributed by atoms with Crippen molar-refractivity contribution < 1.29 is 9.59 Å². The molecule has 3 aromatic rings. The molecule has 136 valence electrons. The topological polar surface area (TPSA) is 58.2 Å². The van der Waals surface area contributed by atoms with Crippen LogP contribution in [0.1, 0.15) is 21.5 Å². The monoisotopic (exact) mass is 378 g/mol. The molecule has 0 heterocycles. The lowest BCUT2D eigenvalue weighted by Gasteiger charge is -2.12. The van der Waals surface area contributed by atoms with Crippen LogP contribution in [0.15, 0.2) is 72.8 Å². The number of hydrogen-bond acceptors (Lipinski definition) is 2. The molecule has 2 N–H and O–H groups in total. The Morgan fingerprint density at radius 2 is 1.59 bits per heavy atom. The molecular weight excluding hydrogens is 360 g/mol. The Labute approximate surface area is 163 Å². The molecule has 0 aliphatic rings. The number of rotatable bonds is 5. The molecule has 0 saturated heterocycles. The molecule has 0 bridgehead atoms. The highest BCUT2D eigenvalue weighted by atomic mass is 35.5. The zero-order valence-corrected chi connectivity index (χ0v) is 15.6. The van der Waals surface area contributed by atoms with E-state index in [1.165, 1.54) is 0 Å². The van der Waals surface area contributed by atoms with E-state index in [0.717, 1.165) is 11.1 Å². The van der Waals surface area contributed by atoms with Crippen molar-refractivity contribution >= 4 is 34.8 Å². The molecule has 3 rings (SSSR count). The first-order valence-electron chi connectivity index (χ1n) is 8.53. The molecule has 2 amide bonds. The van der Waals surface area contributed by atoms with Crippen LogP contribution in [0.2, 0.25) is 5.02 Å². The quantitative estimate of drug-likeness (QED) is 0.650. The number of anilines is 2. The van der Waals surface area contributed by atoms with Gasteiger partial charge in [0.1, 0.15) is 0 Å². The fourth-order valence-electron chi connectivity index (χ4n) is 2.66. The first-order valence-corrected chi connectivity index (χ1v) is 8.91. The van der Waals surface area contributed by atoms with Gasteiger partial charge in [0.25, 0.3) is 5.91 Å². The van der Waals surface area contributed by atoms with Gasteiger partial charge in [-0.2, -0.15) is 0 Å². The summed E-state index contributed by atoms with van der Waals surface area (Å²) in [6.45, 7) is 1.89. The van der Waals surface area contributed by atoms with Crippen LogP contribution < -0.4 is 10.6 Å². The van der Waals surface area contributed by atoms with E-state index in [0.29, 0.717) is 22.0 Å². The third kappa shape index (κ3) is 4.96. The summed E-state index contributed by atoms with van der Waals surface area (Å²) in [5, 5.41) is 6.11. The third-order valence-corrected chi connectivity index (χ3v) is 4.43. The smallest absolute Gasteiger partial charge is 0.257 e. The highest BCUT2D eigenvalue weighted by Crippen LogP contribution is 2.23. The van der Waals surface area contributed by atoms with E-state index in [1.807, 2.05) is 49.4 Å². The van der Waals surface area contributed by atoms with Gasteiger partial charge in [-0.25, -0.2) is 0 Å². The second-order valence-electron chi connectivity index (χ2n) is 6.17. The maximum atomic E-state index is 12.5. The van der Waals surface area contributed by atoms with E-state index in [2.05, 4.69) is 10.6 Å². The lowest BCUT2D eigenvalue weighted by Crippen LogP contribution is -2.16. The van der Waals surface area contributed by atoms with Gasteiger partial charge in [0.2, 0.25) is 5.91 Å². The van der Waals surface area contributed by atoms with E-state index in [1.54, 1.807) is 30.3 Å². The van der Waals surface area contributed by atoms with Crippen LogP contribution in [0.25, 0.3) is 0 Å². The summed E-state index contributed by atoms with van der Waals surface area (Å²) >= 11 is 6.08. The zero-order valence-electron chi connectivity index (χ0n) is 14.8. The van der Waals surface area contributed by atoms with Crippen molar-refractivity contribution in [3.63, 3.8) is 0 Å². The minimum absolute atomic E-state index is 0.117. The van der Waals surface area contributed by atoms with Crippen LogP contribution in [0.3, 0.4) is 0 Å². The van der Waals surface area contributed by atoms with Gasteiger partial charge in [-0.3, -0.25) is 9.59 Å². The molecule has 0 unspecified atom stereocenters. The molecule has 0 radical (unpaired) electrons. The summed E-state index contributed by atoms with van der Waals surface area (Å²) in [6, 6.07) is 21.8. The number of aryl methyl sites for hydroxylation is 1. The Bertz CT molecular complexity index is 971. The molecule has 0 fully saturated rings. The second kappa shape index (κ2) is 8.52. The standard InChI is InChI=1S/C22H19ClN2O2/c1-15-11-12-17(24-21(26)13-16-7-3-2-4-8-16)14-20(15)25-22(27)18-9-5-6-10-19(18)23/h2-12,14H,13H2,1H3,(H,24,26)(H,25,27). The lowest BCUT2D eigenvalue weighted by atomic mass is 10.1. The Balaban J connectivity index is 1.71. The Morgan fingerprint density at radius 1 is 0.889 bits per heavy atom. The van der Waals surface area contributed by atoms with Gasteiger partial charge in [-0.1, -0.05) is 60.1 Å². The summed E-state index contributed by atoms with van der Waals surface area (Å²) < 4.78 is 0. The van der Waals surface area contributed by atoms with Gasteiger partial charge in [-0.05, 0) is 42.3 Å². The van der Waals surface area contributed by atoms with Crippen molar-refractivity contribution in [2.24, 2.45) is 0 Å². The normalized spacial score (nSPS) is 10.3. The van der Waals surface area contributed by atoms with E-state index >= 15 is 0 Å². The first-order chi connectivity index (χ1) is 13.0. The minimum Gasteiger partial charge on any atom is -0.326 e. The maximum absolute atomic E-state index is 12.5. The lowest BCUT2D eigenvalue weighted by molar-refractivity contribution is -0.115. The molecule has 3 aromatic carbocycles. The Kier molecular flexibility index (Phi) is 5.89. The van der Waals surface area contributed by atoms with Crippen LogP contribution >= 0.6 is 11.6 Å². The van der Waals surface area contributed by atoms with Crippen LogP contribution in [-0.4, -0.2) is 11.8 Å². The van der Waals surface area contributed by atoms with Crippen LogP contribution in [0.5, 0.6) is 0 Å². The van der Waals surface area contributed by atoms with Crippen LogP contribution in [0.4, 0.5) is 11.4 Å². The molecule has 5 heteroatoms. The molecule has 0 atom stereocenters. The summed E-state index contributed by atoms with van der Waals surface area (Å²) in [7, 11) is 0. The van der Waals surface area contributed by atoms with E-state index in [9.17, 15) is 9.59 Å². The predicted octanol–water partition coefficient (Wildman–Crippen LogP) is 5.08. The van der Waals surface area contributed by atoms with Crippen molar-refractivity contribution in [3.8, 4) is 0 Å². The number of halogens is 1. The van der Waals surface area contributed by atoms with Gasteiger partial charge < -0.3 is 10.6 Å². The Morgan fingerprint density at radius 3 is 2.33 bits per heavy atom. The highest BCUT2D eigenvalue weighted by Gasteiger charge is 2.12. The molecule has 0 aliphatic carbocycles. The molecule has 27 heavy (non-hydrogen) atoms. The van der Waals surface area contributed by atoms with Gasteiger partial charge >= 0.3 is 0 Å². The highest BCUT2D eigenvalue weighted by molar-refractivity contribution is 6.34. The van der Waals surface area contributed by atoms with Crippen molar-refractivity contribution in [2.45, 2.75) is 13.3 Å². The second-order valence-corrected chi connectivity index (χ2v) is 6.58. The molecule has 4 nitrogen and oxygen atoms in total. The zero-order chi connectivity index (χ0) is 19.2. The summed E-state index contributed by atoms with van der Waals surface area (Å²) in [5.41, 5.74) is 3.47. The predicted molar refractivity (Wildman–Crippen MR) is 109 cm³/mol. The fraction of sp³-hybridized carbons (Fsp3) is 0.0909. The van der Waals surface area contributed by atoms with Gasteiger partial charge in [0.05, 0.1) is 17.0 Å². The van der Waals surface area contributed by atoms with Crippen molar-refractivity contribution in [3.05, 3.63) is 94.5 Å². The maximum Gasteiger partial charge on any atom is 0.257 e. The average molecular weight is 379 g/mol. The van der Waals surface area contributed by atoms with Gasteiger partial charge in [-0.15, -0.1) is 0 Å². The molecule has 0 spiro atoms. The van der Waals surface area contributed by atoms with Crippen molar-refractivity contribution in [1.82, 2.24) is 0 Å². The number of benzene rings is 3. The summed E-state index contributed by atoms with van der Waals surface area (Å²) in [6.07, 6.45) is 0.288. The summed E-state index contributed by atoms with van der Waals surface area (Å²) in [5.74, 6) is -0.412. The molecule has 0 saturated carbocycles. The van der Waals surface area contributed by atoms with E-state index < -0.39 is 0 Å². The fourth-order valence-corrected chi connectivity index (χ4v) is 2.88. The number of nitrogens with one attached hydrogen (secondary N) is 2. The first kappa shape index (κ1) is 18.7. The average Bonchev–Trinajstić information content (AvgIpc) is 2.65. The van der Waals surface area contributed by atoms with Gasteiger partial charge in [0.15, 0.2) is 0 Å². The van der Waals surface area contributed by atoms with Gasteiger partial charge in [0, 0.05) is 11.4 Å². The molecule has 0 aromatic heterocycles. The van der Waals surface area contributed by atoms with Crippen molar-refractivity contribution in [2.75, 3.05) is 10.6 Å². The Hall–Kier alpha value is -3.11. The minimum atomic E-state index is -0.295. The van der Waals surface area contributed by atoms with Crippen LogP contribution in [-0.2, 0) is 11.2 Å². The number of amides is 2. The number of carbonyl (C=O) groups excluding carboxylic acids is 2. The largest absolute Gasteiger partial charge is 0.326 e. The SMILES string of the molecule is Cc1ccc(NC(=O)Cc2ccccc2)cc1NC(=O)c1ccccc1Cl. The van der Waals surface area contributed by atoms with Crippen molar-refractivity contribution in [1.29, 1.82) is 0 Å². The van der Waals surface area contributed by atoms with E-state index in [-0.39, 0.29) is 18.2 Å². The molecular formula is C22H19ClN2O2. The van der Waals surface area contributed by atoms with E-state index in [4.69, 9.17) is 11.6 Å². The summed E-state index contributed by atoms with van der Waals surface area (Å²) in [4.78, 5) is 24.7.